The van der Waals surface area contributed by atoms with Gasteiger partial charge in [0.25, 0.3) is 0 Å². The second-order valence-corrected chi connectivity index (χ2v) is 2.41. The zero-order valence-electron chi connectivity index (χ0n) is 4.59. The van der Waals surface area contributed by atoms with Gasteiger partial charge in [0.1, 0.15) is 0 Å². The summed E-state index contributed by atoms with van der Waals surface area (Å²) in [4.78, 5) is 0. The van der Waals surface area contributed by atoms with Crippen molar-refractivity contribution in [1.29, 1.82) is 0 Å². The predicted molar refractivity (Wildman–Crippen MR) is 33.6 cm³/mol. The average Bonchev–Trinajstić information content (AvgIpc) is 2.50. The van der Waals surface area contributed by atoms with Gasteiger partial charge in [0.2, 0.25) is 0 Å². The van der Waals surface area contributed by atoms with Crippen LogP contribution in [0, 0.1) is 0 Å². The summed E-state index contributed by atoms with van der Waals surface area (Å²) in [6.45, 7) is 3.56. The molecular formula is C5H9O2P. The molecule has 0 bridgehead atoms. The first-order valence-corrected chi connectivity index (χ1v) is 3.52. The lowest BCUT2D eigenvalue weighted by atomic mass is 10.3. The lowest BCUT2D eigenvalue weighted by Crippen LogP contribution is -2.00. The molecule has 0 N–H and O–H groups in total. The molecule has 1 unspecified atom stereocenters. The van der Waals surface area contributed by atoms with Gasteiger partial charge in [-0.25, -0.2) is 0 Å². The molecule has 0 saturated heterocycles. The third-order valence-corrected chi connectivity index (χ3v) is 1.96. The molecule has 0 aromatic rings. The van der Waals surface area contributed by atoms with Gasteiger partial charge in [0.05, 0.1) is 5.60 Å². The molecular weight excluding hydrogens is 123 g/mol. The minimum atomic E-state index is -1.05. The highest BCUT2D eigenvalue weighted by Gasteiger charge is 2.40. The third-order valence-electron chi connectivity index (χ3n) is 1.40. The summed E-state index contributed by atoms with van der Waals surface area (Å²) in [5.41, 5.74) is -0.170. The second-order valence-electron chi connectivity index (χ2n) is 1.98. The van der Waals surface area contributed by atoms with E-state index in [4.69, 9.17) is 4.52 Å². The fourth-order valence-corrected chi connectivity index (χ4v) is 1.11. The van der Waals surface area contributed by atoms with E-state index in [1.165, 1.54) is 0 Å². The van der Waals surface area contributed by atoms with Gasteiger partial charge in [-0.2, -0.15) is 0 Å². The second kappa shape index (κ2) is 2.04. The fraction of sp³-hybridized carbons (Fsp3) is 0.600. The Hall–Kier alpha value is -0.0700. The van der Waals surface area contributed by atoms with Crippen LogP contribution in [0.15, 0.2) is 12.7 Å². The lowest BCUT2D eigenvalue weighted by Gasteiger charge is -2.02. The van der Waals surface area contributed by atoms with Crippen LogP contribution in [0.3, 0.4) is 0 Å². The fourth-order valence-electron chi connectivity index (χ4n) is 0.589. The van der Waals surface area contributed by atoms with Crippen LogP contribution in [0.1, 0.15) is 12.8 Å². The number of hydrogen-bond acceptors (Lipinski definition) is 2. The predicted octanol–water partition coefficient (Wildman–Crippen LogP) is 1.39. The van der Waals surface area contributed by atoms with Crippen molar-refractivity contribution in [2.45, 2.75) is 18.4 Å². The molecule has 1 atom stereocenters. The SMILES string of the molecule is C=CC1(O[PH2]=O)CC1. The zero-order valence-corrected chi connectivity index (χ0v) is 5.75. The maximum Gasteiger partial charge on any atom is 0.180 e. The Kier molecular flexibility index (Phi) is 1.54. The molecule has 0 heterocycles. The zero-order chi connectivity index (χ0) is 6.04. The van der Waals surface area contributed by atoms with E-state index in [0.29, 0.717) is 0 Å². The summed E-state index contributed by atoms with van der Waals surface area (Å²) in [6.07, 6.45) is 3.72. The van der Waals surface area contributed by atoms with Crippen LogP contribution in [0.4, 0.5) is 0 Å². The first kappa shape index (κ1) is 6.06. The molecule has 1 aliphatic carbocycles. The molecule has 1 saturated carbocycles. The van der Waals surface area contributed by atoms with Crippen molar-refractivity contribution in [2.24, 2.45) is 0 Å². The van der Waals surface area contributed by atoms with Crippen LogP contribution in [-0.4, -0.2) is 5.60 Å². The summed E-state index contributed by atoms with van der Waals surface area (Å²) < 4.78 is 14.9. The van der Waals surface area contributed by atoms with Crippen LogP contribution in [0.2, 0.25) is 0 Å². The maximum atomic E-state index is 9.96. The summed E-state index contributed by atoms with van der Waals surface area (Å²) in [5, 5.41) is 0. The van der Waals surface area contributed by atoms with Crippen LogP contribution >= 0.6 is 8.69 Å². The Balaban J connectivity index is 2.40. The number of hydrogen-bond donors (Lipinski definition) is 0. The molecule has 46 valence electrons. The van der Waals surface area contributed by atoms with E-state index in [2.05, 4.69) is 6.58 Å². The first-order chi connectivity index (χ1) is 3.83. The van der Waals surface area contributed by atoms with Crippen LogP contribution in [0.5, 0.6) is 0 Å². The topological polar surface area (TPSA) is 26.3 Å². The van der Waals surface area contributed by atoms with Crippen molar-refractivity contribution >= 4 is 8.69 Å². The quantitative estimate of drug-likeness (QED) is 0.428. The Morgan fingerprint density at radius 2 is 2.38 bits per heavy atom. The van der Waals surface area contributed by atoms with E-state index >= 15 is 0 Å². The molecule has 0 spiro atoms. The van der Waals surface area contributed by atoms with Crippen LogP contribution in [0.25, 0.3) is 0 Å². The highest BCUT2D eigenvalue weighted by molar-refractivity contribution is 7.17. The number of rotatable bonds is 3. The normalized spacial score (nSPS) is 24.0. The van der Waals surface area contributed by atoms with Gasteiger partial charge >= 0.3 is 0 Å². The van der Waals surface area contributed by atoms with E-state index in [-0.39, 0.29) is 5.60 Å². The Morgan fingerprint density at radius 3 is 2.50 bits per heavy atom. The molecule has 2 nitrogen and oxygen atoms in total. The van der Waals surface area contributed by atoms with E-state index in [9.17, 15) is 4.57 Å². The van der Waals surface area contributed by atoms with Crippen molar-refractivity contribution < 1.29 is 9.09 Å². The third kappa shape index (κ3) is 1.01. The van der Waals surface area contributed by atoms with Gasteiger partial charge in [0, 0.05) is 0 Å². The smallest absolute Gasteiger partial charge is 0.180 e. The van der Waals surface area contributed by atoms with Gasteiger partial charge in [-0.3, -0.25) is 4.57 Å². The molecule has 0 aliphatic heterocycles. The summed E-state index contributed by atoms with van der Waals surface area (Å²) in [5.74, 6) is 0. The van der Waals surface area contributed by atoms with Gasteiger partial charge in [0.15, 0.2) is 8.69 Å². The molecule has 1 fully saturated rings. The van der Waals surface area contributed by atoms with Crippen molar-refractivity contribution in [3.63, 3.8) is 0 Å². The molecule has 0 amide bonds. The van der Waals surface area contributed by atoms with E-state index in [0.717, 1.165) is 12.8 Å². The minimum Gasteiger partial charge on any atom is -0.322 e. The van der Waals surface area contributed by atoms with Crippen molar-refractivity contribution in [1.82, 2.24) is 0 Å². The largest absolute Gasteiger partial charge is 0.322 e. The Bertz CT molecular complexity index is 118. The van der Waals surface area contributed by atoms with E-state index in [1.54, 1.807) is 6.08 Å². The average molecular weight is 132 g/mol. The van der Waals surface area contributed by atoms with Gasteiger partial charge in [-0.1, -0.05) is 6.08 Å². The Morgan fingerprint density at radius 1 is 1.75 bits per heavy atom. The lowest BCUT2D eigenvalue weighted by molar-refractivity contribution is 0.255. The van der Waals surface area contributed by atoms with E-state index < -0.39 is 8.69 Å². The summed E-state index contributed by atoms with van der Waals surface area (Å²) >= 11 is 0. The molecule has 1 aliphatic rings. The molecule has 0 aromatic carbocycles. The molecule has 8 heavy (non-hydrogen) atoms. The van der Waals surface area contributed by atoms with Crippen molar-refractivity contribution in [3.8, 4) is 0 Å². The first-order valence-electron chi connectivity index (χ1n) is 2.58. The monoisotopic (exact) mass is 132 g/mol. The molecule has 3 heteroatoms. The molecule has 0 radical (unpaired) electrons. The maximum absolute atomic E-state index is 9.96. The van der Waals surface area contributed by atoms with Gasteiger partial charge < -0.3 is 4.52 Å². The van der Waals surface area contributed by atoms with Crippen molar-refractivity contribution in [2.75, 3.05) is 0 Å². The van der Waals surface area contributed by atoms with Crippen molar-refractivity contribution in [3.05, 3.63) is 12.7 Å². The highest BCUT2D eigenvalue weighted by Crippen LogP contribution is 2.42. The molecule has 0 aromatic heterocycles. The molecule has 1 rings (SSSR count). The van der Waals surface area contributed by atoms with Crippen LogP contribution < -0.4 is 0 Å². The van der Waals surface area contributed by atoms with Gasteiger partial charge in [-0.15, -0.1) is 6.58 Å². The Labute approximate surface area is 49.8 Å². The van der Waals surface area contributed by atoms with E-state index in [1.807, 2.05) is 0 Å². The van der Waals surface area contributed by atoms with Crippen LogP contribution in [-0.2, 0) is 9.09 Å². The summed E-state index contributed by atoms with van der Waals surface area (Å²) in [6, 6.07) is 0. The van der Waals surface area contributed by atoms with Gasteiger partial charge in [-0.05, 0) is 12.8 Å². The standard InChI is InChI=1S/C5H9O2P/c1-2-5(3-4-5)7-8-6/h2H,1,3-4,8H2. The minimum absolute atomic E-state index is 0.170. The highest BCUT2D eigenvalue weighted by atomic mass is 31.1. The summed E-state index contributed by atoms with van der Waals surface area (Å²) in [7, 11) is -1.05.